The summed E-state index contributed by atoms with van der Waals surface area (Å²) in [5.74, 6) is 0.0590. The average Bonchev–Trinajstić information content (AvgIpc) is 4.00. The Balaban J connectivity index is 1.02. The second kappa shape index (κ2) is 15.9. The third-order valence-corrected chi connectivity index (χ3v) is 12.7. The first-order valence-electron chi connectivity index (χ1n) is 20.0. The van der Waals surface area contributed by atoms with Crippen LogP contribution in [0.3, 0.4) is 0 Å². The normalized spacial score (nSPS) is 31.8. The SMILES string of the molecule is N#C[C@@]1(c2ccc3c(N)ncnn23)O[C@H](CC(OC(=O)OC(C[C@H]2O[C@@](C#N)(c3ccc4c(N)ncnn34)[C@H](O)[C@@H]2O)C2CCCCC2)C2CCCCC2)[C@@H](O)[C@H]1O. The zero-order valence-electron chi connectivity index (χ0n) is 31.8. The molecule has 8 rings (SSSR count). The van der Waals surface area contributed by atoms with Gasteiger partial charge in [-0.3, -0.25) is 0 Å². The number of nitrogens with two attached hydrogens (primary N) is 2. The van der Waals surface area contributed by atoms with Crippen molar-refractivity contribution in [3.05, 3.63) is 48.3 Å². The minimum absolute atomic E-state index is 0.0450. The van der Waals surface area contributed by atoms with Gasteiger partial charge in [0.05, 0.1) is 23.6 Å². The summed E-state index contributed by atoms with van der Waals surface area (Å²) < 4.78 is 27.5. The van der Waals surface area contributed by atoms with Gasteiger partial charge in [-0.15, -0.1) is 0 Å². The van der Waals surface area contributed by atoms with E-state index in [1.807, 2.05) is 0 Å². The fraction of sp³-hybridized carbons (Fsp3) is 0.615. The smallest absolute Gasteiger partial charge is 0.431 e. The van der Waals surface area contributed by atoms with E-state index in [4.69, 9.17) is 30.4 Å². The molecule has 308 valence electrons. The third-order valence-electron chi connectivity index (χ3n) is 12.7. The summed E-state index contributed by atoms with van der Waals surface area (Å²) in [6.07, 6.45) is -0.384. The topological polar surface area (TPSA) is 295 Å². The summed E-state index contributed by atoms with van der Waals surface area (Å²) in [5, 5.41) is 74.9. The highest BCUT2D eigenvalue weighted by atomic mass is 16.7. The molecule has 0 radical (unpaired) electrons. The number of aliphatic hydroxyl groups is 4. The Kier molecular flexibility index (Phi) is 10.9. The second-order valence-electron chi connectivity index (χ2n) is 16.0. The van der Waals surface area contributed by atoms with Gasteiger partial charge in [-0.05, 0) is 61.8 Å². The Hall–Kier alpha value is -5.15. The quantitative estimate of drug-likeness (QED) is 0.125. The molecule has 6 heterocycles. The summed E-state index contributed by atoms with van der Waals surface area (Å²) in [6.45, 7) is 0. The molecule has 19 nitrogen and oxygen atoms in total. The lowest BCUT2D eigenvalue weighted by molar-refractivity contribution is -0.0963. The maximum atomic E-state index is 14.0. The maximum Gasteiger partial charge on any atom is 0.508 e. The minimum atomic E-state index is -2.03. The van der Waals surface area contributed by atoms with Crippen LogP contribution in [-0.2, 0) is 30.1 Å². The number of anilines is 2. The molecule has 2 aliphatic heterocycles. The van der Waals surface area contributed by atoms with Gasteiger partial charge in [0.15, 0.2) is 11.6 Å². The van der Waals surface area contributed by atoms with Crippen LogP contribution in [0, 0.1) is 34.5 Å². The van der Waals surface area contributed by atoms with Crippen LogP contribution in [-0.4, -0.2) is 105 Å². The van der Waals surface area contributed by atoms with Crippen LogP contribution in [0.1, 0.15) is 88.4 Å². The van der Waals surface area contributed by atoms with Crippen LogP contribution < -0.4 is 11.5 Å². The van der Waals surface area contributed by atoms with Gasteiger partial charge in [0.1, 0.15) is 72.5 Å². The third kappa shape index (κ3) is 6.75. The summed E-state index contributed by atoms with van der Waals surface area (Å²) in [7, 11) is 0. The molecule has 2 aliphatic carbocycles. The molecule has 0 amide bonds. The van der Waals surface area contributed by atoms with Gasteiger partial charge in [0.25, 0.3) is 0 Å². The van der Waals surface area contributed by atoms with Gasteiger partial charge in [0, 0.05) is 12.8 Å². The molecule has 0 spiro atoms. The van der Waals surface area contributed by atoms with Gasteiger partial charge in [-0.25, -0.2) is 23.8 Å². The molecule has 4 fully saturated rings. The summed E-state index contributed by atoms with van der Waals surface area (Å²) in [5.41, 5.74) is 9.07. The number of nitriles is 2. The van der Waals surface area contributed by atoms with E-state index in [0.29, 0.717) is 11.0 Å². The molecule has 10 atom stereocenters. The van der Waals surface area contributed by atoms with Gasteiger partial charge in [-0.1, -0.05) is 38.5 Å². The lowest BCUT2D eigenvalue weighted by atomic mass is 9.82. The molecule has 58 heavy (non-hydrogen) atoms. The van der Waals surface area contributed by atoms with E-state index >= 15 is 0 Å². The largest absolute Gasteiger partial charge is 0.508 e. The van der Waals surface area contributed by atoms with Crippen molar-refractivity contribution in [3.8, 4) is 12.1 Å². The van der Waals surface area contributed by atoms with E-state index in [-0.39, 0.29) is 47.7 Å². The molecule has 8 N–H and O–H groups in total. The Morgan fingerprint density at radius 1 is 0.724 bits per heavy atom. The first-order chi connectivity index (χ1) is 28.0. The van der Waals surface area contributed by atoms with Crippen molar-refractivity contribution < 1.29 is 44.2 Å². The van der Waals surface area contributed by atoms with Crippen molar-refractivity contribution in [1.29, 1.82) is 10.5 Å². The number of aromatic nitrogens is 6. The number of carbonyl (C=O) groups excluding carboxylic acids is 1. The van der Waals surface area contributed by atoms with Crippen molar-refractivity contribution >= 4 is 28.8 Å². The molecule has 4 aliphatic rings. The van der Waals surface area contributed by atoms with Crippen molar-refractivity contribution in [1.82, 2.24) is 29.2 Å². The highest BCUT2D eigenvalue weighted by Gasteiger charge is 2.59. The fourth-order valence-corrected chi connectivity index (χ4v) is 9.63. The van der Waals surface area contributed by atoms with Crippen LogP contribution in [0.15, 0.2) is 36.9 Å². The molecular formula is C39H48N10O9. The first-order valence-corrected chi connectivity index (χ1v) is 20.0. The number of ether oxygens (including phenoxy) is 4. The lowest BCUT2D eigenvalue weighted by Gasteiger charge is -2.34. The van der Waals surface area contributed by atoms with E-state index in [1.54, 1.807) is 12.1 Å². The number of rotatable bonds is 10. The molecule has 0 bridgehead atoms. The van der Waals surface area contributed by atoms with E-state index in [0.717, 1.165) is 64.2 Å². The second-order valence-corrected chi connectivity index (χ2v) is 16.0. The van der Waals surface area contributed by atoms with Crippen LogP contribution in [0.4, 0.5) is 16.4 Å². The Morgan fingerprint density at radius 3 is 1.50 bits per heavy atom. The Bertz CT molecular complexity index is 2060. The minimum Gasteiger partial charge on any atom is -0.431 e. The highest BCUT2D eigenvalue weighted by Crippen LogP contribution is 2.45. The number of hydrogen-bond acceptors (Lipinski definition) is 17. The monoisotopic (exact) mass is 800 g/mol. The summed E-state index contributed by atoms with van der Waals surface area (Å²) >= 11 is 0. The average molecular weight is 801 g/mol. The van der Waals surface area contributed by atoms with Crippen molar-refractivity contribution in [2.75, 3.05) is 11.5 Å². The Morgan fingerprint density at radius 2 is 1.12 bits per heavy atom. The highest BCUT2D eigenvalue weighted by molar-refractivity contribution is 5.67. The molecule has 19 heteroatoms. The summed E-state index contributed by atoms with van der Waals surface area (Å²) in [4.78, 5) is 21.9. The number of carbonyl (C=O) groups is 1. The summed E-state index contributed by atoms with van der Waals surface area (Å²) in [6, 6.07) is 10.4. The van der Waals surface area contributed by atoms with E-state index in [2.05, 4.69) is 32.3 Å². The number of hydrogen-bond donors (Lipinski definition) is 6. The van der Waals surface area contributed by atoms with Crippen LogP contribution in [0.25, 0.3) is 11.0 Å². The molecule has 2 saturated carbocycles. The molecule has 0 aromatic carbocycles. The lowest BCUT2D eigenvalue weighted by Crippen LogP contribution is -2.41. The zero-order chi connectivity index (χ0) is 40.8. The maximum absolute atomic E-state index is 14.0. The zero-order valence-corrected chi connectivity index (χ0v) is 31.8. The molecular weight excluding hydrogens is 752 g/mol. The van der Waals surface area contributed by atoms with E-state index in [1.165, 1.54) is 33.8 Å². The van der Waals surface area contributed by atoms with Crippen LogP contribution in [0.2, 0.25) is 0 Å². The van der Waals surface area contributed by atoms with Gasteiger partial charge in [0.2, 0.25) is 11.2 Å². The predicted octanol–water partition coefficient (Wildman–Crippen LogP) is 2.15. The number of nitrogens with zero attached hydrogens (tertiary/aromatic N) is 8. The molecule has 4 aromatic heterocycles. The first kappa shape index (κ1) is 39.7. The molecule has 2 unspecified atom stereocenters. The van der Waals surface area contributed by atoms with Crippen LogP contribution >= 0.6 is 0 Å². The molecule has 4 aromatic rings. The van der Waals surface area contributed by atoms with Crippen molar-refractivity contribution in [2.45, 2.75) is 137 Å². The Labute approximate surface area is 333 Å². The predicted molar refractivity (Wildman–Crippen MR) is 201 cm³/mol. The van der Waals surface area contributed by atoms with E-state index < -0.39 is 66.2 Å². The van der Waals surface area contributed by atoms with Crippen LogP contribution in [0.5, 0.6) is 0 Å². The van der Waals surface area contributed by atoms with Gasteiger partial charge >= 0.3 is 6.16 Å². The van der Waals surface area contributed by atoms with Gasteiger partial charge < -0.3 is 50.8 Å². The number of aliphatic hydroxyl groups excluding tert-OH is 4. The van der Waals surface area contributed by atoms with Gasteiger partial charge in [-0.2, -0.15) is 20.7 Å². The number of nitrogen functional groups attached to an aromatic ring is 2. The number of fused-ring (bicyclic) bond motifs is 2. The standard InChI is InChI=1S/C39H48N10O9/c40-17-38(29-13-11-23-35(42)44-19-46-48(23)29)33(52)31(50)27(57-38)15-25(21-7-3-1-4-8-21)55-37(54)56-26(22-9-5-2-6-10-22)16-28-32(51)34(53)39(18-41,58-28)30-14-12-24-36(43)45-20-47-49(24)30/h11-14,19-22,25-28,31-34,50-53H,1-10,15-16H2,(H2,42,44,46)(H2,43,45,47)/t25?,26?,27-,28-,31-,32-,33-,34-,38+,39+/m1/s1. The van der Waals surface area contributed by atoms with Crippen molar-refractivity contribution in [3.63, 3.8) is 0 Å². The molecule has 2 saturated heterocycles. The fourth-order valence-electron chi connectivity index (χ4n) is 9.63. The van der Waals surface area contributed by atoms with Crippen molar-refractivity contribution in [2.24, 2.45) is 11.8 Å². The van der Waals surface area contributed by atoms with E-state index in [9.17, 15) is 35.7 Å².